The molecule has 84 valence electrons. The fourth-order valence-electron chi connectivity index (χ4n) is 1.68. The highest BCUT2D eigenvalue weighted by Gasteiger charge is 2.16. The zero-order valence-corrected chi connectivity index (χ0v) is 12.4. The van der Waals surface area contributed by atoms with Gasteiger partial charge in [0.25, 0.3) is 0 Å². The van der Waals surface area contributed by atoms with Gasteiger partial charge in [0.05, 0.1) is 18.6 Å². The second-order valence-corrected chi connectivity index (χ2v) is 5.54. The van der Waals surface area contributed by atoms with E-state index < -0.39 is 0 Å². The molecule has 0 saturated heterocycles. The van der Waals surface area contributed by atoms with E-state index in [2.05, 4.69) is 62.0 Å². The van der Waals surface area contributed by atoms with E-state index in [9.17, 15) is 0 Å². The van der Waals surface area contributed by atoms with E-state index in [4.69, 9.17) is 4.42 Å². The fraction of sp³-hybridized carbons (Fsp3) is 0.167. The third-order valence-corrected chi connectivity index (χ3v) is 3.83. The molecule has 0 aliphatic heterocycles. The Morgan fingerprint density at radius 2 is 2.19 bits per heavy atom. The number of hydrogen-bond acceptors (Lipinski definition) is 2. The lowest BCUT2D eigenvalue weighted by atomic mass is 10.0. The molecule has 0 fully saturated rings. The maximum atomic E-state index is 5.13. The third-order valence-electron chi connectivity index (χ3n) is 2.43. The molecule has 2 rings (SSSR count). The van der Waals surface area contributed by atoms with Crippen molar-refractivity contribution in [3.05, 3.63) is 56.0 Å². The molecule has 1 aromatic heterocycles. The predicted octanol–water partition coefficient (Wildman–Crippen LogP) is 3.96. The average molecular weight is 392 g/mol. The van der Waals surface area contributed by atoms with Crippen LogP contribution in [0.5, 0.6) is 0 Å². The molecule has 16 heavy (non-hydrogen) atoms. The largest absolute Gasteiger partial charge is 0.472 e. The zero-order valence-electron chi connectivity index (χ0n) is 8.71. The van der Waals surface area contributed by atoms with Gasteiger partial charge in [-0.1, -0.05) is 15.9 Å². The minimum atomic E-state index is 0.155. The van der Waals surface area contributed by atoms with Crippen LogP contribution in [0.3, 0.4) is 0 Å². The van der Waals surface area contributed by atoms with Crippen molar-refractivity contribution in [1.29, 1.82) is 0 Å². The smallest absolute Gasteiger partial charge is 0.0953 e. The van der Waals surface area contributed by atoms with E-state index >= 15 is 0 Å². The Kier molecular flexibility index (Phi) is 4.05. The summed E-state index contributed by atoms with van der Waals surface area (Å²) in [4.78, 5) is 0. The van der Waals surface area contributed by atoms with Crippen molar-refractivity contribution in [2.45, 2.75) is 6.04 Å². The van der Waals surface area contributed by atoms with Crippen LogP contribution < -0.4 is 5.32 Å². The molecule has 0 spiro atoms. The molecule has 0 bridgehead atoms. The van der Waals surface area contributed by atoms with Gasteiger partial charge in [0, 0.05) is 13.6 Å². The highest BCUT2D eigenvalue weighted by Crippen LogP contribution is 2.29. The maximum Gasteiger partial charge on any atom is 0.0953 e. The molecular weight excluding hydrogens is 381 g/mol. The van der Waals surface area contributed by atoms with Gasteiger partial charge in [-0.2, -0.15) is 0 Å². The fourth-order valence-corrected chi connectivity index (χ4v) is 2.67. The minimum Gasteiger partial charge on any atom is -0.472 e. The molecule has 2 nitrogen and oxygen atoms in total. The number of hydrogen-bond donors (Lipinski definition) is 1. The highest BCUT2D eigenvalue weighted by molar-refractivity contribution is 14.1. The molecule has 0 radical (unpaired) electrons. The topological polar surface area (TPSA) is 25.2 Å². The summed E-state index contributed by atoms with van der Waals surface area (Å²) in [6.45, 7) is 0. The SMILES string of the molecule is CNC(c1ccoc1)c1cc(I)ccc1Br. The molecule has 1 heterocycles. The summed E-state index contributed by atoms with van der Waals surface area (Å²) < 4.78 is 7.46. The van der Waals surface area contributed by atoms with Gasteiger partial charge in [-0.15, -0.1) is 0 Å². The molecule has 0 aliphatic rings. The van der Waals surface area contributed by atoms with Crippen molar-refractivity contribution >= 4 is 38.5 Å². The van der Waals surface area contributed by atoms with Gasteiger partial charge in [0.15, 0.2) is 0 Å². The predicted molar refractivity (Wildman–Crippen MR) is 76.5 cm³/mol. The van der Waals surface area contributed by atoms with Crippen LogP contribution in [0.25, 0.3) is 0 Å². The molecule has 4 heteroatoms. The second kappa shape index (κ2) is 5.33. The summed E-state index contributed by atoms with van der Waals surface area (Å²) in [6.07, 6.45) is 3.47. The number of halogens is 2. The Morgan fingerprint density at radius 3 is 2.81 bits per heavy atom. The number of benzene rings is 1. The van der Waals surface area contributed by atoms with E-state index in [0.717, 1.165) is 10.0 Å². The first-order chi connectivity index (χ1) is 7.72. The van der Waals surface area contributed by atoms with E-state index in [1.54, 1.807) is 12.5 Å². The Balaban J connectivity index is 2.44. The monoisotopic (exact) mass is 391 g/mol. The summed E-state index contributed by atoms with van der Waals surface area (Å²) >= 11 is 5.90. The molecule has 1 atom stereocenters. The average Bonchev–Trinajstić information content (AvgIpc) is 2.78. The lowest BCUT2D eigenvalue weighted by Crippen LogP contribution is -2.17. The summed E-state index contributed by atoms with van der Waals surface area (Å²) in [5, 5.41) is 3.30. The molecule has 1 unspecified atom stereocenters. The molecular formula is C12H11BrINO. The lowest BCUT2D eigenvalue weighted by molar-refractivity contribution is 0.557. The van der Waals surface area contributed by atoms with Crippen molar-refractivity contribution in [2.75, 3.05) is 7.05 Å². The van der Waals surface area contributed by atoms with Gasteiger partial charge in [0.2, 0.25) is 0 Å². The van der Waals surface area contributed by atoms with Crippen molar-refractivity contribution in [3.8, 4) is 0 Å². The van der Waals surface area contributed by atoms with E-state index in [1.165, 1.54) is 9.13 Å². The third kappa shape index (κ3) is 2.49. The van der Waals surface area contributed by atoms with Crippen LogP contribution in [-0.4, -0.2) is 7.05 Å². The van der Waals surface area contributed by atoms with Crippen LogP contribution >= 0.6 is 38.5 Å². The molecule has 1 N–H and O–H groups in total. The van der Waals surface area contributed by atoms with Gasteiger partial charge in [0.1, 0.15) is 0 Å². The molecule has 0 saturated carbocycles. The molecule has 0 aliphatic carbocycles. The van der Waals surface area contributed by atoms with Gasteiger partial charge in [-0.3, -0.25) is 0 Å². The summed E-state index contributed by atoms with van der Waals surface area (Å²) in [6, 6.07) is 8.45. The van der Waals surface area contributed by atoms with Crippen molar-refractivity contribution < 1.29 is 4.42 Å². The number of rotatable bonds is 3. The summed E-state index contributed by atoms with van der Waals surface area (Å²) in [5.41, 5.74) is 2.35. The maximum absolute atomic E-state index is 5.13. The Hall–Kier alpha value is -0.330. The van der Waals surface area contributed by atoms with Crippen LogP contribution in [-0.2, 0) is 0 Å². The van der Waals surface area contributed by atoms with Gasteiger partial charge in [-0.05, 0) is 59.5 Å². The van der Waals surface area contributed by atoms with Gasteiger partial charge < -0.3 is 9.73 Å². The van der Waals surface area contributed by atoms with Crippen LogP contribution in [0, 0.1) is 3.57 Å². The Bertz CT molecular complexity index is 470. The van der Waals surface area contributed by atoms with Crippen molar-refractivity contribution in [3.63, 3.8) is 0 Å². The van der Waals surface area contributed by atoms with Crippen LogP contribution in [0.4, 0.5) is 0 Å². The minimum absolute atomic E-state index is 0.155. The molecule has 0 amide bonds. The van der Waals surface area contributed by atoms with E-state index in [0.29, 0.717) is 0 Å². The zero-order chi connectivity index (χ0) is 11.5. The van der Waals surface area contributed by atoms with Crippen LogP contribution in [0.2, 0.25) is 0 Å². The molecule has 2 aromatic rings. The van der Waals surface area contributed by atoms with Crippen molar-refractivity contribution in [2.24, 2.45) is 0 Å². The van der Waals surface area contributed by atoms with Crippen LogP contribution in [0.1, 0.15) is 17.2 Å². The first kappa shape index (κ1) is 12.1. The summed E-state index contributed by atoms with van der Waals surface area (Å²) in [5.74, 6) is 0. The Labute approximate surface area is 117 Å². The van der Waals surface area contributed by atoms with Gasteiger partial charge >= 0.3 is 0 Å². The lowest BCUT2D eigenvalue weighted by Gasteiger charge is -2.16. The first-order valence-electron chi connectivity index (χ1n) is 4.86. The van der Waals surface area contributed by atoms with Crippen molar-refractivity contribution in [1.82, 2.24) is 5.32 Å². The Morgan fingerprint density at radius 1 is 1.38 bits per heavy atom. The number of nitrogens with one attached hydrogen (secondary N) is 1. The molecule has 1 aromatic carbocycles. The van der Waals surface area contributed by atoms with E-state index in [-0.39, 0.29) is 6.04 Å². The van der Waals surface area contributed by atoms with Crippen LogP contribution in [0.15, 0.2) is 45.7 Å². The quantitative estimate of drug-likeness (QED) is 0.801. The second-order valence-electron chi connectivity index (χ2n) is 3.44. The normalized spacial score (nSPS) is 12.7. The summed E-state index contributed by atoms with van der Waals surface area (Å²) in [7, 11) is 1.95. The highest BCUT2D eigenvalue weighted by atomic mass is 127. The first-order valence-corrected chi connectivity index (χ1v) is 6.74. The number of furan rings is 1. The van der Waals surface area contributed by atoms with E-state index in [1.807, 2.05) is 13.1 Å². The van der Waals surface area contributed by atoms with Gasteiger partial charge in [-0.25, -0.2) is 0 Å². The standard InChI is InChI=1S/C12H11BrINO/c1-15-12(8-4-5-16-7-8)10-6-9(14)2-3-11(10)13/h2-7,12,15H,1H3.